The fraction of sp³-hybridized carbons (Fsp3) is 0.526. The predicted octanol–water partition coefficient (Wildman–Crippen LogP) is 2.37. The van der Waals surface area contributed by atoms with E-state index in [2.05, 4.69) is 40.3 Å². The molecule has 0 N–H and O–H groups in total. The second-order valence-corrected chi connectivity index (χ2v) is 7.14. The lowest BCUT2D eigenvalue weighted by Gasteiger charge is -2.40. The first-order valence-electron chi connectivity index (χ1n) is 8.90. The number of aryl methyl sites for hydroxylation is 2. The summed E-state index contributed by atoms with van der Waals surface area (Å²) in [6, 6.07) is 7.97. The lowest BCUT2D eigenvalue weighted by molar-refractivity contribution is -0.148. The van der Waals surface area contributed by atoms with E-state index in [1.807, 2.05) is 17.7 Å². The van der Waals surface area contributed by atoms with Crippen molar-refractivity contribution in [1.82, 2.24) is 19.9 Å². The molecule has 1 fully saturated rings. The van der Waals surface area contributed by atoms with Crippen LogP contribution < -0.4 is 0 Å². The Kier molecular flexibility index (Phi) is 3.87. The van der Waals surface area contributed by atoms with E-state index >= 15 is 0 Å². The average Bonchev–Trinajstić information content (AvgIpc) is 3.32. The highest BCUT2D eigenvalue weighted by Crippen LogP contribution is 2.55. The molecule has 0 radical (unpaired) electrons. The maximum absolute atomic E-state index is 12.6. The van der Waals surface area contributed by atoms with Gasteiger partial charge in [0.15, 0.2) is 0 Å². The third-order valence-electron chi connectivity index (χ3n) is 5.66. The summed E-state index contributed by atoms with van der Waals surface area (Å²) < 4.78 is 7.07. The zero-order valence-electron chi connectivity index (χ0n) is 15.0. The molecule has 6 heteroatoms. The fourth-order valence-corrected chi connectivity index (χ4v) is 4.16. The van der Waals surface area contributed by atoms with E-state index in [1.54, 1.807) is 0 Å². The topological polar surface area (TPSA) is 60.2 Å². The predicted molar refractivity (Wildman–Crippen MR) is 93.0 cm³/mol. The molecule has 1 atom stereocenters. The molecule has 0 saturated heterocycles. The number of methoxy groups -OCH3 is 1. The molecule has 132 valence electrons. The first-order chi connectivity index (χ1) is 12.1. The van der Waals surface area contributed by atoms with Crippen molar-refractivity contribution in [3.05, 3.63) is 46.8 Å². The Bertz CT molecular complexity index is 810. The molecule has 1 aromatic heterocycles. The summed E-state index contributed by atoms with van der Waals surface area (Å²) >= 11 is 0. The second kappa shape index (κ2) is 5.95. The Morgan fingerprint density at radius 3 is 2.80 bits per heavy atom. The molecule has 1 saturated carbocycles. The number of fused-ring (bicyclic) bond motifs is 2. The molecule has 1 spiro atoms. The molecule has 2 heterocycles. The Morgan fingerprint density at radius 1 is 1.36 bits per heavy atom. The van der Waals surface area contributed by atoms with Gasteiger partial charge in [-0.2, -0.15) is 0 Å². The number of benzene rings is 1. The number of hydrogen-bond donors (Lipinski definition) is 0. The number of ether oxygens (including phenoxy) is 1. The molecular formula is C19H24N4O2. The number of carbonyl (C=O) groups excluding carboxylic acids is 1. The smallest absolute Gasteiger partial charge is 0.327 e. The van der Waals surface area contributed by atoms with Gasteiger partial charge in [-0.15, -0.1) is 5.10 Å². The third-order valence-corrected chi connectivity index (χ3v) is 5.66. The van der Waals surface area contributed by atoms with Crippen LogP contribution in [0.25, 0.3) is 0 Å². The minimum absolute atomic E-state index is 0.194. The lowest BCUT2D eigenvalue weighted by atomic mass is 9.82. The highest BCUT2D eigenvalue weighted by molar-refractivity contribution is 5.79. The van der Waals surface area contributed by atoms with Gasteiger partial charge >= 0.3 is 5.97 Å². The van der Waals surface area contributed by atoms with Crippen molar-refractivity contribution in [1.29, 1.82) is 0 Å². The largest absolute Gasteiger partial charge is 0.468 e. The van der Waals surface area contributed by atoms with Crippen molar-refractivity contribution in [2.45, 2.75) is 51.2 Å². The van der Waals surface area contributed by atoms with Crippen LogP contribution in [0.3, 0.4) is 0 Å². The van der Waals surface area contributed by atoms with Crippen LogP contribution in [0.15, 0.2) is 24.3 Å². The summed E-state index contributed by atoms with van der Waals surface area (Å²) in [5, 5.41) is 8.42. The summed E-state index contributed by atoms with van der Waals surface area (Å²) in [4.78, 5) is 14.9. The summed E-state index contributed by atoms with van der Waals surface area (Å²) in [6.45, 7) is 6.34. The van der Waals surface area contributed by atoms with E-state index in [1.165, 1.54) is 25.5 Å². The third kappa shape index (κ3) is 2.56. The molecule has 2 aromatic rings. The van der Waals surface area contributed by atoms with Gasteiger partial charge in [0.2, 0.25) is 0 Å². The zero-order valence-corrected chi connectivity index (χ0v) is 15.0. The minimum atomic E-state index is -0.368. The Morgan fingerprint density at radius 2 is 2.12 bits per heavy atom. The maximum atomic E-state index is 12.6. The van der Waals surface area contributed by atoms with E-state index in [0.29, 0.717) is 6.54 Å². The van der Waals surface area contributed by atoms with Gasteiger partial charge in [-0.1, -0.05) is 29.5 Å². The molecule has 1 aliphatic heterocycles. The van der Waals surface area contributed by atoms with Crippen LogP contribution >= 0.6 is 0 Å². The molecule has 2 aliphatic rings. The zero-order chi connectivity index (χ0) is 17.6. The van der Waals surface area contributed by atoms with Crippen molar-refractivity contribution >= 4 is 5.97 Å². The summed E-state index contributed by atoms with van der Waals surface area (Å²) in [7, 11) is 1.47. The standard InChI is InChI=1S/C19H24N4O2/c1-4-23-16(13(2)20-21-23)11-22-12-19(9-10-19)15-8-6-5-7-14(15)17(22)18(24)25-3/h5-8,17H,4,9-12H2,1-3H3. The van der Waals surface area contributed by atoms with Crippen LogP contribution in [0.5, 0.6) is 0 Å². The van der Waals surface area contributed by atoms with E-state index in [9.17, 15) is 4.79 Å². The van der Waals surface area contributed by atoms with Crippen LogP contribution in [-0.2, 0) is 28.0 Å². The molecule has 4 rings (SSSR count). The van der Waals surface area contributed by atoms with Crippen molar-refractivity contribution in [3.63, 3.8) is 0 Å². The average molecular weight is 340 g/mol. The molecule has 6 nitrogen and oxygen atoms in total. The molecule has 0 amide bonds. The summed E-state index contributed by atoms with van der Waals surface area (Å²) in [6.07, 6.45) is 2.36. The molecule has 1 aliphatic carbocycles. The van der Waals surface area contributed by atoms with Crippen molar-refractivity contribution < 1.29 is 9.53 Å². The van der Waals surface area contributed by atoms with Gasteiger partial charge < -0.3 is 4.74 Å². The number of rotatable bonds is 4. The van der Waals surface area contributed by atoms with Crippen molar-refractivity contribution in [3.8, 4) is 0 Å². The highest BCUT2D eigenvalue weighted by atomic mass is 16.5. The van der Waals surface area contributed by atoms with E-state index in [-0.39, 0.29) is 17.4 Å². The molecule has 0 bridgehead atoms. The molecular weight excluding hydrogens is 316 g/mol. The second-order valence-electron chi connectivity index (χ2n) is 7.14. The SMILES string of the molecule is CCn1nnc(C)c1CN1CC2(CC2)c2ccccc2C1C(=O)OC. The molecule has 25 heavy (non-hydrogen) atoms. The van der Waals surface area contributed by atoms with E-state index in [4.69, 9.17) is 4.74 Å². The van der Waals surface area contributed by atoms with Gasteiger partial charge in [0.05, 0.1) is 18.5 Å². The van der Waals surface area contributed by atoms with Gasteiger partial charge in [-0.3, -0.25) is 4.90 Å². The van der Waals surface area contributed by atoms with Gasteiger partial charge in [0.25, 0.3) is 0 Å². The van der Waals surface area contributed by atoms with Crippen molar-refractivity contribution in [2.75, 3.05) is 13.7 Å². The van der Waals surface area contributed by atoms with Crippen LogP contribution in [0, 0.1) is 6.92 Å². The quantitative estimate of drug-likeness (QED) is 0.800. The number of carbonyl (C=O) groups is 1. The van der Waals surface area contributed by atoms with Gasteiger partial charge in [-0.25, -0.2) is 9.48 Å². The Labute approximate surface area is 147 Å². The number of hydrogen-bond acceptors (Lipinski definition) is 5. The first kappa shape index (κ1) is 16.3. The van der Waals surface area contributed by atoms with Crippen LogP contribution in [0.4, 0.5) is 0 Å². The number of esters is 1. The van der Waals surface area contributed by atoms with E-state index in [0.717, 1.165) is 30.0 Å². The normalized spacial score (nSPS) is 21.2. The number of nitrogens with zero attached hydrogens (tertiary/aromatic N) is 4. The monoisotopic (exact) mass is 340 g/mol. The van der Waals surface area contributed by atoms with E-state index < -0.39 is 0 Å². The van der Waals surface area contributed by atoms with Crippen LogP contribution in [0.2, 0.25) is 0 Å². The molecule has 1 aromatic carbocycles. The fourth-order valence-electron chi connectivity index (χ4n) is 4.16. The van der Waals surface area contributed by atoms with Gasteiger partial charge in [0, 0.05) is 25.0 Å². The minimum Gasteiger partial charge on any atom is -0.468 e. The van der Waals surface area contributed by atoms with Crippen LogP contribution in [-0.4, -0.2) is 39.5 Å². The Balaban J connectivity index is 1.76. The highest BCUT2D eigenvalue weighted by Gasteiger charge is 2.53. The lowest BCUT2D eigenvalue weighted by Crippen LogP contribution is -2.45. The van der Waals surface area contributed by atoms with Gasteiger partial charge in [0.1, 0.15) is 6.04 Å². The van der Waals surface area contributed by atoms with Crippen LogP contribution in [0.1, 0.15) is 48.3 Å². The first-order valence-corrected chi connectivity index (χ1v) is 8.90. The van der Waals surface area contributed by atoms with Gasteiger partial charge in [-0.05, 0) is 37.8 Å². The number of aromatic nitrogens is 3. The Hall–Kier alpha value is -2.21. The van der Waals surface area contributed by atoms with Crippen molar-refractivity contribution in [2.24, 2.45) is 0 Å². The molecule has 1 unspecified atom stereocenters. The summed E-state index contributed by atoms with van der Waals surface area (Å²) in [5.74, 6) is -0.198. The maximum Gasteiger partial charge on any atom is 0.327 e. The summed E-state index contributed by atoms with van der Waals surface area (Å²) in [5.41, 5.74) is 4.60.